The normalized spacial score (nSPS) is 14.7. The second kappa shape index (κ2) is 11.1. The van der Waals surface area contributed by atoms with Gasteiger partial charge in [0.05, 0.1) is 11.2 Å². The van der Waals surface area contributed by atoms with E-state index in [9.17, 15) is 10.2 Å². The number of aliphatic hydroxyl groups is 2. The summed E-state index contributed by atoms with van der Waals surface area (Å²) in [7, 11) is 0. The summed E-state index contributed by atoms with van der Waals surface area (Å²) in [5, 5.41) is 21.1. The summed E-state index contributed by atoms with van der Waals surface area (Å²) in [5.74, 6) is 0.545. The smallest absolute Gasteiger partial charge is 0.100 e. The molecular formula is C41H38O2. The standard InChI is InChI=1S/C41H38O2/c1-26-14-16-31(17-15-26)30(5)40(43)25-33-19-21-35(23-28(33)3)41(34-20-18-32(24-29(4)42)27(2)22-34)38-12-8-6-10-36(38)37-11-7-9-13-39(37)41/h6-25,30,42-43H,1-5H3/b29-24+,40-25+. The summed E-state index contributed by atoms with van der Waals surface area (Å²) in [6.07, 6.45) is 3.73. The fourth-order valence-electron chi connectivity index (χ4n) is 6.70. The van der Waals surface area contributed by atoms with E-state index in [1.54, 1.807) is 6.92 Å². The Morgan fingerprint density at radius 1 is 0.628 bits per heavy atom. The van der Waals surface area contributed by atoms with E-state index in [1.165, 1.54) is 38.9 Å². The van der Waals surface area contributed by atoms with Crippen LogP contribution in [0.1, 0.15) is 75.4 Å². The third-order valence-corrected chi connectivity index (χ3v) is 9.05. The van der Waals surface area contributed by atoms with Crippen LogP contribution in [0.3, 0.4) is 0 Å². The van der Waals surface area contributed by atoms with Gasteiger partial charge in [0, 0.05) is 5.92 Å². The largest absolute Gasteiger partial charge is 0.513 e. The van der Waals surface area contributed by atoms with Gasteiger partial charge < -0.3 is 10.2 Å². The van der Waals surface area contributed by atoms with Gasteiger partial charge >= 0.3 is 0 Å². The van der Waals surface area contributed by atoms with E-state index in [4.69, 9.17) is 0 Å². The lowest BCUT2D eigenvalue weighted by molar-refractivity contribution is 0.380. The van der Waals surface area contributed by atoms with Crippen LogP contribution in [0, 0.1) is 20.8 Å². The van der Waals surface area contributed by atoms with E-state index in [0.29, 0.717) is 11.5 Å². The first-order valence-electron chi connectivity index (χ1n) is 15.0. The van der Waals surface area contributed by atoms with Crippen molar-refractivity contribution in [2.45, 2.75) is 46.0 Å². The van der Waals surface area contributed by atoms with Crippen molar-refractivity contribution < 1.29 is 10.2 Å². The SMILES string of the molecule is C/C(O)=C\c1ccc(C2(c3ccc(/C=C(/O)C(C)c4ccc(C)cc4)c(C)c3)c3ccccc3-c3ccccc32)cc1C. The van der Waals surface area contributed by atoms with Crippen LogP contribution in [-0.4, -0.2) is 10.2 Å². The van der Waals surface area contributed by atoms with Gasteiger partial charge in [0.25, 0.3) is 0 Å². The molecular weight excluding hydrogens is 524 g/mol. The van der Waals surface area contributed by atoms with Gasteiger partial charge in [-0.25, -0.2) is 0 Å². The molecule has 5 aromatic carbocycles. The van der Waals surface area contributed by atoms with Gasteiger partial charge in [-0.05, 0) is 101 Å². The van der Waals surface area contributed by atoms with Crippen LogP contribution in [0.4, 0.5) is 0 Å². The highest BCUT2D eigenvalue weighted by Gasteiger charge is 2.46. The minimum atomic E-state index is -0.515. The van der Waals surface area contributed by atoms with Crippen LogP contribution in [0.25, 0.3) is 23.3 Å². The molecule has 0 amide bonds. The third-order valence-electron chi connectivity index (χ3n) is 9.05. The number of aliphatic hydroxyl groups excluding tert-OH is 2. The van der Waals surface area contributed by atoms with Gasteiger partial charge in [0.1, 0.15) is 5.76 Å². The average molecular weight is 563 g/mol. The first-order valence-corrected chi connectivity index (χ1v) is 15.0. The first-order chi connectivity index (χ1) is 20.7. The molecule has 6 rings (SSSR count). The zero-order chi connectivity index (χ0) is 30.3. The van der Waals surface area contributed by atoms with Crippen LogP contribution >= 0.6 is 0 Å². The van der Waals surface area contributed by atoms with Crippen molar-refractivity contribution in [3.8, 4) is 11.1 Å². The second-order valence-electron chi connectivity index (χ2n) is 12.0. The Labute approximate surface area is 255 Å². The quantitative estimate of drug-likeness (QED) is 0.198. The van der Waals surface area contributed by atoms with Crippen molar-refractivity contribution >= 4 is 12.2 Å². The predicted octanol–water partition coefficient (Wildman–Crippen LogP) is 10.6. The Morgan fingerprint density at radius 2 is 1.12 bits per heavy atom. The van der Waals surface area contributed by atoms with Crippen LogP contribution in [0.5, 0.6) is 0 Å². The highest BCUT2D eigenvalue weighted by atomic mass is 16.3. The Morgan fingerprint density at radius 3 is 1.60 bits per heavy atom. The number of fused-ring (bicyclic) bond motifs is 3. The van der Waals surface area contributed by atoms with Crippen LogP contribution in [0.2, 0.25) is 0 Å². The molecule has 0 fully saturated rings. The minimum Gasteiger partial charge on any atom is -0.513 e. The molecule has 214 valence electrons. The number of aryl methyl sites for hydroxylation is 3. The molecule has 2 N–H and O–H groups in total. The number of allylic oxidation sites excluding steroid dienone is 2. The second-order valence-corrected chi connectivity index (χ2v) is 12.0. The third kappa shape index (κ3) is 4.87. The number of benzene rings is 5. The minimum absolute atomic E-state index is 0.0994. The summed E-state index contributed by atoms with van der Waals surface area (Å²) in [6, 6.07) is 39.1. The molecule has 2 nitrogen and oxygen atoms in total. The van der Waals surface area contributed by atoms with Crippen molar-refractivity contribution in [1.82, 2.24) is 0 Å². The van der Waals surface area contributed by atoms with Crippen LogP contribution < -0.4 is 0 Å². The molecule has 0 saturated carbocycles. The molecule has 43 heavy (non-hydrogen) atoms. The van der Waals surface area contributed by atoms with Gasteiger partial charge in [-0.2, -0.15) is 0 Å². The van der Waals surface area contributed by atoms with Crippen molar-refractivity contribution in [2.75, 3.05) is 0 Å². The summed E-state index contributed by atoms with van der Waals surface area (Å²) in [6.45, 7) is 10.1. The fraction of sp³-hybridized carbons (Fsp3) is 0.171. The molecule has 0 heterocycles. The van der Waals surface area contributed by atoms with Gasteiger partial charge in [0.15, 0.2) is 0 Å². The van der Waals surface area contributed by atoms with E-state index < -0.39 is 5.41 Å². The van der Waals surface area contributed by atoms with E-state index in [0.717, 1.165) is 27.8 Å². The maximum atomic E-state index is 11.1. The Kier molecular flexibility index (Phi) is 7.31. The first kappa shape index (κ1) is 28.3. The highest BCUT2D eigenvalue weighted by Crippen LogP contribution is 2.56. The lowest BCUT2D eigenvalue weighted by Crippen LogP contribution is -2.29. The van der Waals surface area contributed by atoms with E-state index in [2.05, 4.69) is 130 Å². The van der Waals surface area contributed by atoms with Crippen LogP contribution in [0.15, 0.2) is 121 Å². The van der Waals surface area contributed by atoms with Crippen LogP contribution in [-0.2, 0) is 5.41 Å². The topological polar surface area (TPSA) is 40.5 Å². The van der Waals surface area contributed by atoms with Gasteiger partial charge in [0.2, 0.25) is 0 Å². The van der Waals surface area contributed by atoms with Crippen molar-refractivity contribution in [2.24, 2.45) is 0 Å². The van der Waals surface area contributed by atoms with Gasteiger partial charge in [-0.15, -0.1) is 0 Å². The van der Waals surface area contributed by atoms with E-state index in [1.807, 2.05) is 19.1 Å². The highest BCUT2D eigenvalue weighted by molar-refractivity contribution is 5.86. The molecule has 0 radical (unpaired) electrons. The summed E-state index contributed by atoms with van der Waals surface area (Å²) in [4.78, 5) is 0. The molecule has 5 aromatic rings. The van der Waals surface area contributed by atoms with Crippen molar-refractivity contribution in [1.29, 1.82) is 0 Å². The fourth-order valence-corrected chi connectivity index (χ4v) is 6.70. The molecule has 2 heteroatoms. The van der Waals surface area contributed by atoms with E-state index >= 15 is 0 Å². The summed E-state index contributed by atoms with van der Waals surface area (Å²) >= 11 is 0. The number of hydrogen-bond acceptors (Lipinski definition) is 2. The molecule has 1 unspecified atom stereocenters. The molecule has 1 atom stereocenters. The molecule has 0 spiro atoms. The molecule has 1 aliphatic carbocycles. The summed E-state index contributed by atoms with van der Waals surface area (Å²) in [5.41, 5.74) is 13.4. The Balaban J connectivity index is 1.53. The lowest BCUT2D eigenvalue weighted by atomic mass is 9.67. The average Bonchev–Trinajstić information content (AvgIpc) is 3.30. The zero-order valence-corrected chi connectivity index (χ0v) is 25.5. The lowest BCUT2D eigenvalue weighted by Gasteiger charge is -2.34. The van der Waals surface area contributed by atoms with E-state index in [-0.39, 0.29) is 5.92 Å². The molecule has 0 aromatic heterocycles. The van der Waals surface area contributed by atoms with Gasteiger partial charge in [-0.3, -0.25) is 0 Å². The van der Waals surface area contributed by atoms with Crippen molar-refractivity contribution in [3.63, 3.8) is 0 Å². The molecule has 0 bridgehead atoms. The van der Waals surface area contributed by atoms with Crippen molar-refractivity contribution in [3.05, 3.63) is 176 Å². The monoisotopic (exact) mass is 562 g/mol. The molecule has 1 aliphatic rings. The Hall–Kier alpha value is -4.82. The maximum absolute atomic E-state index is 11.1. The number of rotatable bonds is 6. The van der Waals surface area contributed by atoms with Gasteiger partial charge in [-0.1, -0.05) is 122 Å². The number of hydrogen-bond donors (Lipinski definition) is 2. The maximum Gasteiger partial charge on any atom is 0.100 e. The Bertz CT molecular complexity index is 1840. The molecule has 0 aliphatic heterocycles. The summed E-state index contributed by atoms with van der Waals surface area (Å²) < 4.78 is 0. The molecule has 0 saturated heterocycles. The predicted molar refractivity (Wildman–Crippen MR) is 180 cm³/mol. The zero-order valence-electron chi connectivity index (χ0n) is 25.5.